The van der Waals surface area contributed by atoms with Crippen LogP contribution in [0.1, 0.15) is 36.1 Å². The van der Waals surface area contributed by atoms with Gasteiger partial charge in [0.05, 0.1) is 23.0 Å². The Morgan fingerprint density at radius 3 is 2.10 bits per heavy atom. The van der Waals surface area contributed by atoms with Gasteiger partial charge in [-0.1, -0.05) is 54.6 Å². The molecule has 0 spiro atoms. The number of phenolic OH excluding ortho intramolecular Hbond substituents is 1. The SMILES string of the molecule is O=C1[C@H](CC[C@H](O)c2ccc(F)cc2)[C@@H](c2ccc(-c3ccc(S(=O)(=O)O)cc3)cc2O)N1c1ccccc1.[NaH]. The molecule has 0 aliphatic carbocycles. The van der Waals surface area contributed by atoms with Gasteiger partial charge in [-0.15, -0.1) is 0 Å². The molecular weight excluding hydrogens is 544 g/mol. The quantitative estimate of drug-likeness (QED) is 0.156. The third kappa shape index (κ3) is 6.15. The van der Waals surface area contributed by atoms with Crippen molar-refractivity contribution in [1.82, 2.24) is 0 Å². The van der Waals surface area contributed by atoms with E-state index in [0.717, 1.165) is 0 Å². The third-order valence-electron chi connectivity index (χ3n) is 7.09. The predicted octanol–water partition coefficient (Wildman–Crippen LogP) is 5.01. The second kappa shape index (κ2) is 12.2. The van der Waals surface area contributed by atoms with Gasteiger partial charge in [0.1, 0.15) is 11.6 Å². The molecule has 1 amide bonds. The Labute approximate surface area is 254 Å². The van der Waals surface area contributed by atoms with Crippen LogP contribution in [0.4, 0.5) is 10.1 Å². The van der Waals surface area contributed by atoms with E-state index in [2.05, 4.69) is 0 Å². The van der Waals surface area contributed by atoms with E-state index in [1.165, 1.54) is 48.5 Å². The predicted molar refractivity (Wildman–Crippen MR) is 151 cm³/mol. The van der Waals surface area contributed by atoms with Gasteiger partial charge in [0.15, 0.2) is 0 Å². The molecule has 40 heavy (non-hydrogen) atoms. The number of halogens is 1. The normalized spacial score (nSPS) is 17.6. The number of hydrogen-bond donors (Lipinski definition) is 3. The molecule has 3 N–H and O–H groups in total. The van der Waals surface area contributed by atoms with Crippen molar-refractivity contribution in [2.45, 2.75) is 29.9 Å². The summed E-state index contributed by atoms with van der Waals surface area (Å²) in [4.78, 5) is 14.7. The molecule has 1 saturated heterocycles. The fourth-order valence-corrected chi connectivity index (χ4v) is 5.52. The van der Waals surface area contributed by atoms with Crippen molar-refractivity contribution in [1.29, 1.82) is 0 Å². The summed E-state index contributed by atoms with van der Waals surface area (Å²) in [5, 5.41) is 21.7. The number of rotatable bonds is 8. The average Bonchev–Trinajstić information content (AvgIpc) is 2.92. The van der Waals surface area contributed by atoms with Gasteiger partial charge in [0.25, 0.3) is 10.1 Å². The Morgan fingerprint density at radius 1 is 0.875 bits per heavy atom. The van der Waals surface area contributed by atoms with Crippen LogP contribution >= 0.6 is 0 Å². The van der Waals surface area contributed by atoms with Gasteiger partial charge in [-0.2, -0.15) is 8.42 Å². The van der Waals surface area contributed by atoms with E-state index in [9.17, 15) is 32.4 Å². The second-order valence-corrected chi connectivity index (χ2v) is 10.9. The van der Waals surface area contributed by atoms with E-state index >= 15 is 0 Å². The van der Waals surface area contributed by atoms with Crippen LogP contribution in [-0.4, -0.2) is 58.6 Å². The van der Waals surface area contributed by atoms with Gasteiger partial charge in [-0.25, -0.2) is 4.39 Å². The number of benzene rings is 4. The van der Waals surface area contributed by atoms with Crippen molar-refractivity contribution in [2.24, 2.45) is 5.92 Å². The molecule has 7 nitrogen and oxygen atoms in total. The molecular formula is C30H27FNNaO6S. The number of nitrogens with zero attached hydrogens (tertiary/aromatic N) is 1. The number of anilines is 1. The Hall–Kier alpha value is -3.05. The fraction of sp³-hybridized carbons (Fsp3) is 0.167. The summed E-state index contributed by atoms with van der Waals surface area (Å²) in [5.74, 6) is -1.05. The minimum absolute atomic E-state index is 0. The van der Waals surface area contributed by atoms with Crippen LogP contribution in [0.5, 0.6) is 5.75 Å². The molecule has 202 valence electrons. The van der Waals surface area contributed by atoms with Crippen LogP contribution < -0.4 is 4.90 Å². The second-order valence-electron chi connectivity index (χ2n) is 9.51. The maximum absolute atomic E-state index is 13.3. The number of amides is 1. The average molecular weight is 572 g/mol. The molecule has 0 saturated carbocycles. The molecule has 5 rings (SSSR count). The minimum atomic E-state index is -4.32. The van der Waals surface area contributed by atoms with E-state index < -0.39 is 34.0 Å². The van der Waals surface area contributed by atoms with Gasteiger partial charge in [0, 0.05) is 11.3 Å². The molecule has 3 atom stereocenters. The van der Waals surface area contributed by atoms with E-state index in [-0.39, 0.29) is 52.5 Å². The Balaban J connectivity index is 0.00000370. The van der Waals surface area contributed by atoms with Gasteiger partial charge in [0.2, 0.25) is 5.91 Å². The summed E-state index contributed by atoms with van der Waals surface area (Å²) < 4.78 is 45.2. The molecule has 0 unspecified atom stereocenters. The Kier molecular flexibility index (Phi) is 9.14. The van der Waals surface area contributed by atoms with Crippen LogP contribution in [0.15, 0.2) is 102 Å². The standard InChI is InChI=1S/C30H26FNO6S.Na.H/c31-22-11-6-20(7-12-22)27(33)17-16-26-29(32(30(26)35)23-4-2-1-3-5-23)25-15-10-21(18-28(25)34)19-8-13-24(14-9-19)39(36,37)38;;/h1-15,18,26-27,29,33-34H,16-17H2,(H,36,37,38);;/t26-,27+,29-;;/m1../s1. The number of para-hydroxylation sites is 1. The number of phenols is 1. The van der Waals surface area contributed by atoms with E-state index in [1.807, 2.05) is 30.3 Å². The van der Waals surface area contributed by atoms with Gasteiger partial charge >= 0.3 is 29.6 Å². The molecule has 1 aliphatic heterocycles. The summed E-state index contributed by atoms with van der Waals surface area (Å²) in [6.07, 6.45) is -0.240. The van der Waals surface area contributed by atoms with Crippen LogP contribution in [0, 0.1) is 11.7 Å². The van der Waals surface area contributed by atoms with Crippen molar-refractivity contribution >= 4 is 51.3 Å². The molecule has 4 aromatic carbocycles. The summed E-state index contributed by atoms with van der Waals surface area (Å²) in [6, 6.07) is 24.9. The Morgan fingerprint density at radius 2 is 1.50 bits per heavy atom. The van der Waals surface area contributed by atoms with E-state index in [4.69, 9.17) is 0 Å². The van der Waals surface area contributed by atoms with Crippen molar-refractivity contribution in [3.8, 4) is 16.9 Å². The number of aliphatic hydroxyl groups is 1. The fourth-order valence-electron chi connectivity index (χ4n) is 5.04. The zero-order valence-electron chi connectivity index (χ0n) is 20.7. The first-order valence-corrected chi connectivity index (χ1v) is 13.8. The zero-order chi connectivity index (χ0) is 27.7. The summed E-state index contributed by atoms with van der Waals surface area (Å²) in [6.45, 7) is 0. The maximum atomic E-state index is 13.3. The zero-order valence-corrected chi connectivity index (χ0v) is 21.5. The van der Waals surface area contributed by atoms with Crippen molar-refractivity contribution in [2.75, 3.05) is 4.90 Å². The molecule has 4 aromatic rings. The van der Waals surface area contributed by atoms with Crippen LogP contribution in [0.25, 0.3) is 11.1 Å². The summed E-state index contributed by atoms with van der Waals surface area (Å²) in [7, 11) is -4.32. The molecule has 1 aliphatic rings. The number of aromatic hydroxyl groups is 1. The molecule has 10 heteroatoms. The monoisotopic (exact) mass is 571 g/mol. The van der Waals surface area contributed by atoms with Crippen LogP contribution in [-0.2, 0) is 14.9 Å². The van der Waals surface area contributed by atoms with E-state index in [0.29, 0.717) is 34.4 Å². The van der Waals surface area contributed by atoms with Crippen LogP contribution in [0.3, 0.4) is 0 Å². The van der Waals surface area contributed by atoms with Crippen LogP contribution in [0.2, 0.25) is 0 Å². The molecule has 1 fully saturated rings. The summed E-state index contributed by atoms with van der Waals surface area (Å²) in [5.41, 5.74) is 3.04. The Bertz CT molecular complexity index is 1600. The number of hydrogen-bond acceptors (Lipinski definition) is 5. The molecule has 0 aromatic heterocycles. The number of carbonyl (C=O) groups is 1. The topological polar surface area (TPSA) is 115 Å². The number of carbonyl (C=O) groups excluding carboxylic acids is 1. The molecule has 1 heterocycles. The first-order valence-electron chi connectivity index (χ1n) is 12.4. The van der Waals surface area contributed by atoms with Crippen molar-refractivity contribution in [3.05, 3.63) is 114 Å². The molecule has 0 radical (unpaired) electrons. The number of aliphatic hydroxyl groups excluding tert-OH is 1. The number of β-lactam (4-membered cyclic amide) rings is 1. The summed E-state index contributed by atoms with van der Waals surface area (Å²) >= 11 is 0. The first kappa shape index (κ1) is 29.9. The van der Waals surface area contributed by atoms with E-state index in [1.54, 1.807) is 23.1 Å². The van der Waals surface area contributed by atoms with Crippen molar-refractivity contribution < 1.29 is 32.4 Å². The van der Waals surface area contributed by atoms with Gasteiger partial charge in [-0.3, -0.25) is 9.35 Å². The molecule has 0 bridgehead atoms. The van der Waals surface area contributed by atoms with Gasteiger partial charge < -0.3 is 15.1 Å². The van der Waals surface area contributed by atoms with Gasteiger partial charge in [-0.05, 0) is 72.0 Å². The van der Waals surface area contributed by atoms with Crippen molar-refractivity contribution in [3.63, 3.8) is 0 Å². The third-order valence-corrected chi connectivity index (χ3v) is 7.96. The first-order chi connectivity index (χ1) is 18.6.